The van der Waals surface area contributed by atoms with Crippen molar-refractivity contribution < 1.29 is 172 Å². The zero-order chi connectivity index (χ0) is 46.6. The molecule has 0 spiro atoms. The standard InChI is InChI=1S/C16F36O3Si/c17-1(18,3(21,22)5(25,26)7(29,30)31)2(19,20)4(23,24)6(27,28)14(47,48)56(52,15(49,50)51)16(53-11(41,42)8(32,33)34,54-12(43,44)9(35,36)37)55-13(45,46)10(38,39)40. The second-order valence-corrected chi connectivity index (χ2v) is 12.7. The maximum atomic E-state index is 15.6. The monoisotopic (exact) mass is 952 g/mol. The zero-order valence-electron chi connectivity index (χ0n) is 23.3. The van der Waals surface area contributed by atoms with E-state index in [2.05, 4.69) is 0 Å². The van der Waals surface area contributed by atoms with Gasteiger partial charge in [0.1, 0.15) is 0 Å². The van der Waals surface area contributed by atoms with Crippen molar-refractivity contribution in [3.05, 3.63) is 0 Å². The van der Waals surface area contributed by atoms with Crippen LogP contribution in [0.3, 0.4) is 0 Å². The van der Waals surface area contributed by atoms with Crippen LogP contribution in [0.4, 0.5) is 158 Å². The summed E-state index contributed by atoms with van der Waals surface area (Å²) in [5.41, 5.74) is -20.8. The maximum absolute atomic E-state index is 15.6. The number of hydrogen-bond acceptors (Lipinski definition) is 3. The van der Waals surface area contributed by atoms with Gasteiger partial charge >= 0.3 is 104 Å². The Labute approximate surface area is 277 Å². The van der Waals surface area contributed by atoms with Crippen molar-refractivity contribution in [1.29, 1.82) is 0 Å². The van der Waals surface area contributed by atoms with Gasteiger partial charge in [0.25, 0.3) is 0 Å². The molecule has 0 aromatic rings. The van der Waals surface area contributed by atoms with Gasteiger partial charge in [0, 0.05) is 0 Å². The highest BCUT2D eigenvalue weighted by Crippen LogP contribution is 2.68. The van der Waals surface area contributed by atoms with Crippen LogP contribution in [-0.2, 0) is 14.2 Å². The summed E-state index contributed by atoms with van der Waals surface area (Å²) in [7, 11) is -13.3. The van der Waals surface area contributed by atoms with Crippen LogP contribution in [0.2, 0.25) is 0 Å². The van der Waals surface area contributed by atoms with Gasteiger partial charge < -0.3 is 0 Å². The normalized spacial score (nSPS) is 18.0. The van der Waals surface area contributed by atoms with E-state index in [4.69, 9.17) is 0 Å². The van der Waals surface area contributed by atoms with Gasteiger partial charge in [0.15, 0.2) is 0 Å². The van der Waals surface area contributed by atoms with Gasteiger partial charge in [-0.2, -0.15) is 145 Å². The van der Waals surface area contributed by atoms with E-state index in [9.17, 15) is 154 Å². The molecule has 0 bridgehead atoms. The van der Waals surface area contributed by atoms with Gasteiger partial charge in [0.05, 0.1) is 0 Å². The predicted octanol–water partition coefficient (Wildman–Crippen LogP) is 11.3. The molecule has 0 aromatic carbocycles. The average Bonchev–Trinajstić information content (AvgIpc) is 2.87. The van der Waals surface area contributed by atoms with E-state index in [1.807, 2.05) is 0 Å². The summed E-state index contributed by atoms with van der Waals surface area (Å²) < 4.78 is 485. The summed E-state index contributed by atoms with van der Waals surface area (Å²) in [5, 5.41) is 0. The van der Waals surface area contributed by atoms with Crippen molar-refractivity contribution in [1.82, 2.24) is 0 Å². The second kappa shape index (κ2) is 13.3. The highest BCUT2D eigenvalue weighted by Gasteiger charge is 3.03. The summed E-state index contributed by atoms with van der Waals surface area (Å²) in [6, 6.07) is 0. The molecule has 0 aromatic heterocycles. The molecule has 338 valence electrons. The molecule has 0 saturated heterocycles. The van der Waals surface area contributed by atoms with Gasteiger partial charge in [-0.15, -0.1) is 0 Å². The molecule has 0 fully saturated rings. The molecule has 0 heterocycles. The molecular weight excluding hydrogens is 952 g/mol. The predicted molar refractivity (Wildman–Crippen MR) is 92.6 cm³/mol. The Morgan fingerprint density at radius 1 is 0.250 bits per heavy atom. The van der Waals surface area contributed by atoms with Crippen LogP contribution in [0.5, 0.6) is 0 Å². The lowest BCUT2D eigenvalue weighted by molar-refractivity contribution is -0.573. The van der Waals surface area contributed by atoms with Gasteiger partial charge in [-0.25, -0.2) is 8.78 Å². The van der Waals surface area contributed by atoms with Crippen molar-refractivity contribution in [3.8, 4) is 0 Å². The number of halogens is 36. The van der Waals surface area contributed by atoms with Crippen LogP contribution in [0, 0.1) is 0 Å². The quantitative estimate of drug-likeness (QED) is 0.0752. The average molecular weight is 952 g/mol. The Morgan fingerprint density at radius 3 is 0.625 bits per heavy atom. The van der Waals surface area contributed by atoms with E-state index in [1.54, 1.807) is 0 Å². The topological polar surface area (TPSA) is 27.7 Å². The van der Waals surface area contributed by atoms with E-state index in [1.165, 1.54) is 0 Å². The minimum absolute atomic E-state index is 0.793. The summed E-state index contributed by atoms with van der Waals surface area (Å²) in [4.78, 5) is 0. The minimum Gasteiger partial charge on any atom is -0.286 e. The number of rotatable bonds is 14. The van der Waals surface area contributed by atoms with Crippen LogP contribution in [0.1, 0.15) is 0 Å². The van der Waals surface area contributed by atoms with E-state index in [0.717, 1.165) is 14.2 Å². The smallest absolute Gasteiger partial charge is 0.286 e. The Bertz CT molecular complexity index is 1320. The van der Waals surface area contributed by atoms with E-state index in [-0.39, 0.29) is 0 Å². The van der Waals surface area contributed by atoms with Crippen molar-refractivity contribution >= 4 is 8.41 Å². The summed E-state index contributed by atoms with van der Waals surface area (Å²) in [5.74, 6) is -70.1. The molecule has 0 amide bonds. The first kappa shape index (κ1) is 53.6. The Balaban J connectivity index is 9.14. The molecule has 0 aliphatic heterocycles. The van der Waals surface area contributed by atoms with Gasteiger partial charge in [0.2, 0.25) is 0 Å². The number of hydrogen-bond donors (Lipinski definition) is 0. The second-order valence-electron chi connectivity index (χ2n) is 9.58. The van der Waals surface area contributed by atoms with E-state index in [0.29, 0.717) is 0 Å². The molecule has 0 rings (SSSR count). The van der Waals surface area contributed by atoms with Crippen LogP contribution < -0.4 is 0 Å². The highest BCUT2D eigenvalue weighted by atomic mass is 28.4. The van der Waals surface area contributed by atoms with Crippen molar-refractivity contribution in [2.45, 2.75) is 95.5 Å². The molecule has 40 heteroatoms. The van der Waals surface area contributed by atoms with Gasteiger partial charge in [-0.05, 0) is 0 Å². The third-order valence-electron chi connectivity index (χ3n) is 5.74. The molecule has 0 saturated carbocycles. The molecule has 0 radical (unpaired) electrons. The van der Waals surface area contributed by atoms with Crippen LogP contribution >= 0.6 is 0 Å². The fourth-order valence-corrected chi connectivity index (χ4v) is 5.36. The Kier molecular flexibility index (Phi) is 12.7. The van der Waals surface area contributed by atoms with Crippen LogP contribution in [-0.4, -0.2) is 104 Å². The fraction of sp³-hybridized carbons (Fsp3) is 1.00. The first-order valence-corrected chi connectivity index (χ1v) is 13.2. The first-order valence-electron chi connectivity index (χ1n) is 11.3. The molecule has 1 unspecified atom stereocenters. The lowest BCUT2D eigenvalue weighted by atomic mass is 9.91. The zero-order valence-corrected chi connectivity index (χ0v) is 24.3. The lowest BCUT2D eigenvalue weighted by Crippen LogP contribution is -2.86. The SMILES string of the molecule is FC(F)(F)C(F)(F)OC(OC(F)(F)C(F)(F)F)(OC(F)(F)C(F)(F)F)[Si](F)(C(F)(F)F)C(F)(F)C(F)(F)C(F)(F)C(F)(F)C(F)(F)C(F)(F)C(F)(F)C(F)(F)F. The van der Waals surface area contributed by atoms with Gasteiger partial charge in [-0.1, -0.05) is 0 Å². The molecule has 3 nitrogen and oxygen atoms in total. The highest BCUT2D eigenvalue weighted by molar-refractivity contribution is 6.79. The van der Waals surface area contributed by atoms with Crippen molar-refractivity contribution in [2.75, 3.05) is 0 Å². The molecule has 56 heavy (non-hydrogen) atoms. The summed E-state index contributed by atoms with van der Waals surface area (Å²) in [6.45, 7) is 0. The number of alkyl halides is 35. The molecule has 0 aliphatic rings. The molecule has 0 aliphatic carbocycles. The van der Waals surface area contributed by atoms with Crippen molar-refractivity contribution in [2.24, 2.45) is 0 Å². The Hall–Kier alpha value is -2.42. The summed E-state index contributed by atoms with van der Waals surface area (Å²) >= 11 is 0. The largest absolute Gasteiger partial charge is 0.538 e. The van der Waals surface area contributed by atoms with Crippen molar-refractivity contribution in [3.63, 3.8) is 0 Å². The fourth-order valence-electron chi connectivity index (χ4n) is 2.88. The third-order valence-corrected chi connectivity index (χ3v) is 8.86. The minimum atomic E-state index is -13.3. The lowest BCUT2D eigenvalue weighted by Gasteiger charge is -2.50. The Morgan fingerprint density at radius 2 is 0.446 bits per heavy atom. The van der Waals surface area contributed by atoms with Gasteiger partial charge in [-0.3, -0.25) is 18.3 Å². The molecular formula is C16F36O3Si. The third kappa shape index (κ3) is 7.51. The van der Waals surface area contributed by atoms with E-state index < -0.39 is 104 Å². The van der Waals surface area contributed by atoms with Crippen LogP contribution in [0.15, 0.2) is 0 Å². The number of ether oxygens (including phenoxy) is 3. The van der Waals surface area contributed by atoms with Crippen LogP contribution in [0.25, 0.3) is 0 Å². The molecule has 0 N–H and O–H groups in total. The molecule has 1 atom stereocenters. The first-order chi connectivity index (χ1) is 23.4. The maximum Gasteiger partial charge on any atom is 0.538 e. The summed E-state index contributed by atoms with van der Waals surface area (Å²) in [6.07, 6.45) is -61.8. The van der Waals surface area contributed by atoms with E-state index >= 15 is 4.11 Å².